The number of likely N-dealkylation sites (N-methyl/N-ethyl adjacent to an activating group) is 2. The lowest BCUT2D eigenvalue weighted by molar-refractivity contribution is 0.307. The molecule has 1 aliphatic rings. The lowest BCUT2D eigenvalue weighted by atomic mass is 10.1. The summed E-state index contributed by atoms with van der Waals surface area (Å²) in [7, 11) is 4.20. The summed E-state index contributed by atoms with van der Waals surface area (Å²) in [5, 5.41) is 0. The minimum Gasteiger partial charge on any atom is -0.492 e. The number of hydrogen-bond acceptors (Lipinski definition) is 5. The molecule has 0 spiro atoms. The summed E-state index contributed by atoms with van der Waals surface area (Å²) in [4.78, 5) is 13.4. The number of rotatable bonds is 5. The van der Waals surface area contributed by atoms with Gasteiger partial charge in [-0.05, 0) is 19.2 Å². The number of hydrogen-bond donors (Lipinski definition) is 0. The van der Waals surface area contributed by atoms with Gasteiger partial charge in [-0.15, -0.1) is 0 Å². The van der Waals surface area contributed by atoms with E-state index in [0.29, 0.717) is 6.61 Å². The first-order valence-electron chi connectivity index (χ1n) is 7.64. The predicted molar refractivity (Wildman–Crippen MR) is 87.3 cm³/mol. The monoisotopic (exact) mass is 298 g/mol. The lowest BCUT2D eigenvalue weighted by Gasteiger charge is -2.28. The van der Waals surface area contributed by atoms with Gasteiger partial charge >= 0.3 is 0 Å². The quantitative estimate of drug-likeness (QED) is 0.844. The van der Waals surface area contributed by atoms with Crippen molar-refractivity contribution < 1.29 is 4.74 Å². The van der Waals surface area contributed by atoms with Gasteiger partial charge in [-0.2, -0.15) is 0 Å². The van der Waals surface area contributed by atoms with E-state index in [4.69, 9.17) is 4.74 Å². The minimum atomic E-state index is 0.634. The van der Waals surface area contributed by atoms with Crippen molar-refractivity contribution in [1.82, 2.24) is 14.9 Å². The molecule has 0 amide bonds. The van der Waals surface area contributed by atoms with E-state index in [2.05, 4.69) is 33.9 Å². The second-order valence-electron chi connectivity index (χ2n) is 5.69. The van der Waals surface area contributed by atoms with E-state index in [9.17, 15) is 0 Å². The molecule has 0 bridgehead atoms. The summed E-state index contributed by atoms with van der Waals surface area (Å²) in [6, 6.07) is 9.90. The van der Waals surface area contributed by atoms with Crippen LogP contribution in [0.5, 0.6) is 5.75 Å². The van der Waals surface area contributed by atoms with Gasteiger partial charge in [-0.25, -0.2) is 9.97 Å². The van der Waals surface area contributed by atoms with Crippen molar-refractivity contribution in [3.63, 3.8) is 0 Å². The fourth-order valence-electron chi connectivity index (χ4n) is 2.71. The molecule has 0 saturated carbocycles. The van der Waals surface area contributed by atoms with Crippen molar-refractivity contribution in [2.45, 2.75) is 13.0 Å². The SMILES string of the molecule is CN1CCc2ncnc(N(C)CCOc3ccccc3)c2C1. The second kappa shape index (κ2) is 6.75. The highest BCUT2D eigenvalue weighted by Crippen LogP contribution is 2.24. The van der Waals surface area contributed by atoms with Crippen LogP contribution in [0, 0.1) is 0 Å². The van der Waals surface area contributed by atoms with Crippen molar-refractivity contribution in [2.24, 2.45) is 0 Å². The predicted octanol–water partition coefficient (Wildman–Crippen LogP) is 1.98. The molecule has 5 heteroatoms. The highest BCUT2D eigenvalue weighted by atomic mass is 16.5. The van der Waals surface area contributed by atoms with Crippen LogP contribution < -0.4 is 9.64 Å². The Morgan fingerprint density at radius 3 is 2.86 bits per heavy atom. The third-order valence-corrected chi connectivity index (χ3v) is 3.97. The number of nitrogens with zero attached hydrogens (tertiary/aromatic N) is 4. The zero-order valence-electron chi connectivity index (χ0n) is 13.2. The largest absolute Gasteiger partial charge is 0.492 e. The van der Waals surface area contributed by atoms with Crippen LogP contribution in [0.15, 0.2) is 36.7 Å². The van der Waals surface area contributed by atoms with E-state index in [1.54, 1.807) is 6.33 Å². The van der Waals surface area contributed by atoms with Crippen molar-refractivity contribution in [1.29, 1.82) is 0 Å². The first kappa shape index (κ1) is 14.8. The number of ether oxygens (including phenoxy) is 1. The Hall–Kier alpha value is -2.14. The first-order valence-corrected chi connectivity index (χ1v) is 7.64. The van der Waals surface area contributed by atoms with Gasteiger partial charge in [0.2, 0.25) is 0 Å². The van der Waals surface area contributed by atoms with Gasteiger partial charge in [0.25, 0.3) is 0 Å². The fraction of sp³-hybridized carbons (Fsp3) is 0.412. The van der Waals surface area contributed by atoms with Crippen LogP contribution in [-0.4, -0.2) is 48.7 Å². The molecule has 2 heterocycles. The standard InChI is InChI=1S/C17H22N4O/c1-20-9-8-16-15(12-20)17(19-13-18-16)21(2)10-11-22-14-6-4-3-5-7-14/h3-7,13H,8-12H2,1-2H3. The van der Waals surface area contributed by atoms with Gasteiger partial charge in [-0.3, -0.25) is 0 Å². The maximum atomic E-state index is 5.77. The Morgan fingerprint density at radius 1 is 1.23 bits per heavy atom. The van der Waals surface area contributed by atoms with Gasteiger partial charge in [0.15, 0.2) is 0 Å². The van der Waals surface area contributed by atoms with Crippen LogP contribution in [-0.2, 0) is 13.0 Å². The van der Waals surface area contributed by atoms with Gasteiger partial charge in [0.05, 0.1) is 12.2 Å². The number of fused-ring (bicyclic) bond motifs is 1. The number of benzene rings is 1. The van der Waals surface area contributed by atoms with E-state index in [-0.39, 0.29) is 0 Å². The van der Waals surface area contributed by atoms with Gasteiger partial charge in [0, 0.05) is 32.1 Å². The summed E-state index contributed by atoms with van der Waals surface area (Å²) in [5.74, 6) is 1.92. The number of anilines is 1. The van der Waals surface area contributed by atoms with Crippen molar-refractivity contribution in [2.75, 3.05) is 38.7 Å². The van der Waals surface area contributed by atoms with Gasteiger partial charge in [-0.1, -0.05) is 18.2 Å². The molecule has 0 N–H and O–H groups in total. The number of aromatic nitrogens is 2. The molecule has 116 valence electrons. The van der Waals surface area contributed by atoms with Gasteiger partial charge in [0.1, 0.15) is 24.5 Å². The molecule has 0 atom stereocenters. The molecule has 0 aliphatic carbocycles. The topological polar surface area (TPSA) is 41.5 Å². The first-order chi connectivity index (χ1) is 10.7. The highest BCUT2D eigenvalue weighted by Gasteiger charge is 2.20. The maximum Gasteiger partial charge on any atom is 0.136 e. The maximum absolute atomic E-state index is 5.77. The average molecular weight is 298 g/mol. The Labute approximate surface area is 131 Å². The molecular formula is C17H22N4O. The minimum absolute atomic E-state index is 0.634. The second-order valence-corrected chi connectivity index (χ2v) is 5.69. The van der Waals surface area contributed by atoms with E-state index < -0.39 is 0 Å². The smallest absolute Gasteiger partial charge is 0.136 e. The highest BCUT2D eigenvalue weighted by molar-refractivity contribution is 5.48. The number of para-hydroxylation sites is 1. The van der Waals surface area contributed by atoms with Crippen LogP contribution >= 0.6 is 0 Å². The summed E-state index contributed by atoms with van der Waals surface area (Å²) >= 11 is 0. The molecular weight excluding hydrogens is 276 g/mol. The Kier molecular flexibility index (Phi) is 4.53. The molecule has 1 aliphatic heterocycles. The molecule has 0 saturated heterocycles. The molecule has 0 radical (unpaired) electrons. The summed E-state index contributed by atoms with van der Waals surface area (Å²) in [6.45, 7) is 3.40. The molecule has 2 aromatic rings. The fourth-order valence-corrected chi connectivity index (χ4v) is 2.71. The van der Waals surface area contributed by atoms with Crippen LogP contribution in [0.2, 0.25) is 0 Å². The van der Waals surface area contributed by atoms with Crippen LogP contribution in [0.1, 0.15) is 11.3 Å². The molecule has 5 nitrogen and oxygen atoms in total. The van der Waals surface area contributed by atoms with E-state index in [1.165, 1.54) is 11.3 Å². The summed E-state index contributed by atoms with van der Waals surface area (Å²) < 4.78 is 5.77. The molecule has 3 rings (SSSR count). The van der Waals surface area contributed by atoms with Crippen molar-refractivity contribution in [3.05, 3.63) is 47.9 Å². The van der Waals surface area contributed by atoms with Crippen molar-refractivity contribution in [3.8, 4) is 5.75 Å². The summed E-state index contributed by atoms with van der Waals surface area (Å²) in [5.41, 5.74) is 2.43. The molecule has 22 heavy (non-hydrogen) atoms. The molecule has 0 unspecified atom stereocenters. The molecule has 0 fully saturated rings. The van der Waals surface area contributed by atoms with E-state index in [1.807, 2.05) is 30.3 Å². The zero-order valence-corrected chi connectivity index (χ0v) is 13.2. The third kappa shape index (κ3) is 3.36. The van der Waals surface area contributed by atoms with Crippen LogP contribution in [0.25, 0.3) is 0 Å². The molecule has 1 aromatic heterocycles. The van der Waals surface area contributed by atoms with Gasteiger partial charge < -0.3 is 14.5 Å². The van der Waals surface area contributed by atoms with E-state index in [0.717, 1.165) is 37.6 Å². The molecule has 1 aromatic carbocycles. The lowest BCUT2D eigenvalue weighted by Crippen LogP contribution is -2.32. The van der Waals surface area contributed by atoms with Crippen LogP contribution in [0.4, 0.5) is 5.82 Å². The summed E-state index contributed by atoms with van der Waals surface area (Å²) in [6.07, 6.45) is 2.67. The normalized spacial score (nSPS) is 14.5. The van der Waals surface area contributed by atoms with Crippen molar-refractivity contribution >= 4 is 5.82 Å². The third-order valence-electron chi connectivity index (χ3n) is 3.97. The Bertz CT molecular complexity index is 617. The zero-order chi connectivity index (χ0) is 15.4. The van der Waals surface area contributed by atoms with E-state index >= 15 is 0 Å². The Balaban J connectivity index is 1.64. The average Bonchev–Trinajstić information content (AvgIpc) is 2.55. The Morgan fingerprint density at radius 2 is 2.05 bits per heavy atom. The van der Waals surface area contributed by atoms with Crippen LogP contribution in [0.3, 0.4) is 0 Å².